The number of hydrogen-bond acceptors (Lipinski definition) is 3. The Labute approximate surface area is 75.6 Å². The van der Waals surface area contributed by atoms with Crippen molar-refractivity contribution in [3.8, 4) is 0 Å². The van der Waals surface area contributed by atoms with E-state index in [0.717, 1.165) is 12.8 Å². The molecule has 0 atom stereocenters. The number of aromatic nitrogens is 4. The quantitative estimate of drug-likeness (QED) is 0.671. The van der Waals surface area contributed by atoms with Crippen LogP contribution in [0.2, 0.25) is 0 Å². The molecular formula is C8H12N4O. The van der Waals surface area contributed by atoms with Crippen LogP contribution >= 0.6 is 0 Å². The molecule has 0 amide bonds. The van der Waals surface area contributed by atoms with E-state index in [1.54, 1.807) is 12.3 Å². The third kappa shape index (κ3) is 1.30. The summed E-state index contributed by atoms with van der Waals surface area (Å²) in [6.45, 7) is 1.84. The highest BCUT2D eigenvalue weighted by Crippen LogP contribution is 2.28. The van der Waals surface area contributed by atoms with Crippen molar-refractivity contribution in [2.24, 2.45) is 0 Å². The second kappa shape index (κ2) is 3.16. The summed E-state index contributed by atoms with van der Waals surface area (Å²) in [6.07, 6.45) is 6.67. The molecule has 1 aliphatic carbocycles. The van der Waals surface area contributed by atoms with Crippen LogP contribution in [0.3, 0.4) is 0 Å². The second-order valence-corrected chi connectivity index (χ2v) is 3.22. The average molecular weight is 180 g/mol. The van der Waals surface area contributed by atoms with Crippen molar-refractivity contribution in [3.05, 3.63) is 16.6 Å². The van der Waals surface area contributed by atoms with Crippen LogP contribution in [0.25, 0.3) is 6.20 Å². The van der Waals surface area contributed by atoms with E-state index >= 15 is 0 Å². The first kappa shape index (κ1) is 8.22. The molecule has 1 aromatic rings. The van der Waals surface area contributed by atoms with E-state index in [-0.39, 0.29) is 11.7 Å². The molecule has 1 heterocycles. The van der Waals surface area contributed by atoms with Gasteiger partial charge in [0.25, 0.3) is 0 Å². The largest absolute Gasteiger partial charge is 0.368 e. The molecular weight excluding hydrogens is 168 g/mol. The van der Waals surface area contributed by atoms with Crippen molar-refractivity contribution >= 4 is 6.20 Å². The van der Waals surface area contributed by atoms with Gasteiger partial charge in [0.05, 0.1) is 6.04 Å². The molecule has 0 N–H and O–H groups in total. The molecule has 1 aromatic heterocycles. The molecule has 70 valence electrons. The zero-order chi connectivity index (χ0) is 9.26. The van der Waals surface area contributed by atoms with Gasteiger partial charge in [0.15, 0.2) is 0 Å². The standard InChI is InChI=1S/C8H12N4O/c1-2-6-11-8(13)12(10-9-11)7-4-3-5-7/h2,6-7H,3-5H2,1H3/b6-2+. The van der Waals surface area contributed by atoms with Crippen LogP contribution in [0.1, 0.15) is 32.2 Å². The summed E-state index contributed by atoms with van der Waals surface area (Å²) in [5.41, 5.74) is -0.136. The smallest absolute Gasteiger partial charge is 0.244 e. The van der Waals surface area contributed by atoms with Crippen molar-refractivity contribution in [3.63, 3.8) is 0 Å². The van der Waals surface area contributed by atoms with E-state index in [0.29, 0.717) is 0 Å². The summed E-state index contributed by atoms with van der Waals surface area (Å²) in [5.74, 6) is 0. The summed E-state index contributed by atoms with van der Waals surface area (Å²) >= 11 is 0. The van der Waals surface area contributed by atoms with Crippen LogP contribution in [0.4, 0.5) is 0 Å². The van der Waals surface area contributed by atoms with Crippen molar-refractivity contribution < 1.29 is 0 Å². The molecule has 0 saturated heterocycles. The van der Waals surface area contributed by atoms with Crippen molar-refractivity contribution in [2.45, 2.75) is 32.2 Å². The minimum Gasteiger partial charge on any atom is -0.244 e. The number of rotatable bonds is 2. The van der Waals surface area contributed by atoms with Crippen LogP contribution in [0.15, 0.2) is 10.9 Å². The summed E-state index contributed by atoms with van der Waals surface area (Å²) in [6, 6.07) is 0.284. The molecule has 5 heteroatoms. The van der Waals surface area contributed by atoms with Crippen LogP contribution in [0, 0.1) is 0 Å². The fraction of sp³-hybridized carbons (Fsp3) is 0.625. The topological polar surface area (TPSA) is 52.7 Å². The van der Waals surface area contributed by atoms with Gasteiger partial charge in [-0.15, -0.1) is 0 Å². The van der Waals surface area contributed by atoms with Crippen molar-refractivity contribution in [1.82, 2.24) is 19.8 Å². The van der Waals surface area contributed by atoms with E-state index in [1.807, 2.05) is 6.92 Å². The van der Waals surface area contributed by atoms with Gasteiger partial charge in [-0.25, -0.2) is 4.79 Å². The molecule has 0 bridgehead atoms. The molecule has 0 aromatic carbocycles. The molecule has 1 fully saturated rings. The molecule has 0 aliphatic heterocycles. The van der Waals surface area contributed by atoms with E-state index in [2.05, 4.69) is 10.4 Å². The van der Waals surface area contributed by atoms with Gasteiger partial charge in [-0.1, -0.05) is 6.08 Å². The van der Waals surface area contributed by atoms with Gasteiger partial charge >= 0.3 is 5.69 Å². The third-order valence-corrected chi connectivity index (χ3v) is 2.34. The monoisotopic (exact) mass is 180 g/mol. The van der Waals surface area contributed by atoms with Crippen LogP contribution in [0.5, 0.6) is 0 Å². The van der Waals surface area contributed by atoms with Crippen molar-refractivity contribution in [2.75, 3.05) is 0 Å². The third-order valence-electron chi connectivity index (χ3n) is 2.34. The normalized spacial score (nSPS) is 17.9. The number of allylic oxidation sites excluding steroid dienone is 1. The predicted octanol–water partition coefficient (Wildman–Crippen LogP) is 0.655. The van der Waals surface area contributed by atoms with Gasteiger partial charge < -0.3 is 0 Å². The summed E-state index contributed by atoms with van der Waals surface area (Å²) in [7, 11) is 0. The molecule has 2 rings (SSSR count). The minimum absolute atomic E-state index is 0.136. The average Bonchev–Trinajstić information content (AvgIpc) is 2.34. The lowest BCUT2D eigenvalue weighted by Gasteiger charge is -2.23. The Hall–Kier alpha value is -1.39. The Balaban J connectivity index is 2.32. The highest BCUT2D eigenvalue weighted by atomic mass is 16.2. The first-order valence-corrected chi connectivity index (χ1v) is 4.49. The van der Waals surface area contributed by atoms with Crippen LogP contribution in [-0.2, 0) is 0 Å². The fourth-order valence-electron chi connectivity index (χ4n) is 1.36. The Kier molecular flexibility index (Phi) is 2.00. The lowest BCUT2D eigenvalue weighted by atomic mass is 9.93. The molecule has 5 nitrogen and oxygen atoms in total. The molecule has 0 unspecified atom stereocenters. The van der Waals surface area contributed by atoms with Gasteiger partial charge in [0.1, 0.15) is 0 Å². The van der Waals surface area contributed by atoms with E-state index in [1.165, 1.54) is 15.8 Å². The van der Waals surface area contributed by atoms with Gasteiger partial charge in [-0.05, 0) is 36.6 Å². The highest BCUT2D eigenvalue weighted by Gasteiger charge is 2.23. The van der Waals surface area contributed by atoms with Crippen molar-refractivity contribution in [1.29, 1.82) is 0 Å². The lowest BCUT2D eigenvalue weighted by Crippen LogP contribution is -2.30. The fourth-order valence-corrected chi connectivity index (χ4v) is 1.36. The first-order chi connectivity index (χ1) is 6.33. The van der Waals surface area contributed by atoms with Crippen LogP contribution in [-0.4, -0.2) is 19.8 Å². The van der Waals surface area contributed by atoms with Gasteiger partial charge in [0.2, 0.25) is 0 Å². The summed E-state index contributed by atoms with van der Waals surface area (Å²) in [4.78, 5) is 11.5. The summed E-state index contributed by atoms with van der Waals surface area (Å²) < 4.78 is 2.74. The van der Waals surface area contributed by atoms with E-state index in [4.69, 9.17) is 0 Å². The molecule has 1 aliphatic rings. The first-order valence-electron chi connectivity index (χ1n) is 4.49. The minimum atomic E-state index is -0.136. The van der Waals surface area contributed by atoms with Gasteiger partial charge in [-0.2, -0.15) is 9.36 Å². The predicted molar refractivity (Wildman–Crippen MR) is 48.2 cm³/mol. The molecule has 0 radical (unpaired) electrons. The molecule has 13 heavy (non-hydrogen) atoms. The van der Waals surface area contributed by atoms with Crippen LogP contribution < -0.4 is 5.69 Å². The van der Waals surface area contributed by atoms with Gasteiger partial charge in [0, 0.05) is 6.20 Å². The zero-order valence-electron chi connectivity index (χ0n) is 7.55. The van der Waals surface area contributed by atoms with Gasteiger partial charge in [-0.3, -0.25) is 0 Å². The molecule has 0 spiro atoms. The Morgan fingerprint density at radius 3 is 2.77 bits per heavy atom. The van der Waals surface area contributed by atoms with E-state index < -0.39 is 0 Å². The maximum atomic E-state index is 11.5. The Morgan fingerprint density at radius 2 is 2.23 bits per heavy atom. The number of nitrogens with zero attached hydrogens (tertiary/aromatic N) is 4. The SMILES string of the molecule is C/C=C/n1nnn(C2CCC2)c1=O. The maximum absolute atomic E-state index is 11.5. The highest BCUT2D eigenvalue weighted by molar-refractivity contribution is 5.16. The lowest BCUT2D eigenvalue weighted by molar-refractivity contribution is 0.278. The number of hydrogen-bond donors (Lipinski definition) is 0. The maximum Gasteiger partial charge on any atom is 0.368 e. The molecule has 1 saturated carbocycles. The zero-order valence-corrected chi connectivity index (χ0v) is 7.55. The summed E-state index contributed by atoms with van der Waals surface area (Å²) in [5, 5.41) is 7.56. The Morgan fingerprint density at radius 1 is 1.46 bits per heavy atom. The van der Waals surface area contributed by atoms with E-state index in [9.17, 15) is 4.79 Å². The second-order valence-electron chi connectivity index (χ2n) is 3.22. The Bertz CT molecular complexity index is 372. The number of tetrazole rings is 1.